The van der Waals surface area contributed by atoms with Crippen LogP contribution in [0.25, 0.3) is 0 Å². The van der Waals surface area contributed by atoms with Gasteiger partial charge >= 0.3 is 0 Å². The zero-order valence-electron chi connectivity index (χ0n) is 14.1. The lowest BCUT2D eigenvalue weighted by Gasteiger charge is -2.28. The molecule has 1 N–H and O–H groups in total. The zero-order chi connectivity index (χ0) is 17.8. The number of nitrogens with one attached hydrogen (secondary N) is 1. The number of benzene rings is 1. The number of carbonyl (C=O) groups is 1. The zero-order valence-corrected chi connectivity index (χ0v) is 14.1. The third-order valence-corrected chi connectivity index (χ3v) is 4.15. The van der Waals surface area contributed by atoms with Crippen molar-refractivity contribution in [2.75, 3.05) is 18.0 Å². The molecule has 5 nitrogen and oxygen atoms in total. The first-order chi connectivity index (χ1) is 12.0. The molecular formula is C18H20F2N4O. The van der Waals surface area contributed by atoms with Crippen LogP contribution in [0.3, 0.4) is 0 Å². The van der Waals surface area contributed by atoms with Crippen LogP contribution < -0.4 is 10.2 Å². The molecule has 0 bridgehead atoms. The molecule has 0 radical (unpaired) electrons. The lowest BCUT2D eigenvalue weighted by atomic mass is 10.1. The van der Waals surface area contributed by atoms with Gasteiger partial charge in [-0.15, -0.1) is 0 Å². The summed E-state index contributed by atoms with van der Waals surface area (Å²) in [5.74, 6) is -0.915. The second-order valence-corrected chi connectivity index (χ2v) is 6.14. The second-order valence-electron chi connectivity index (χ2n) is 6.14. The van der Waals surface area contributed by atoms with Crippen molar-refractivity contribution in [2.45, 2.75) is 32.7 Å². The van der Waals surface area contributed by atoms with Gasteiger partial charge < -0.3 is 10.2 Å². The summed E-state index contributed by atoms with van der Waals surface area (Å²) in [4.78, 5) is 23.1. The maximum atomic E-state index is 13.7. The normalized spacial score (nSPS) is 14.4. The summed E-state index contributed by atoms with van der Waals surface area (Å²) >= 11 is 0. The van der Waals surface area contributed by atoms with Crippen LogP contribution in [0.15, 0.2) is 24.3 Å². The standard InChI is InChI=1S/C18H20F2N4O/c1-12-9-17(24-7-3-2-4-8-24)23-16(22-12)11-21-18(25)14-6-5-13(19)10-15(14)20/h5-6,9-10H,2-4,7-8,11H2,1H3,(H,21,25). The van der Waals surface area contributed by atoms with Gasteiger partial charge in [-0.05, 0) is 38.3 Å². The van der Waals surface area contributed by atoms with Gasteiger partial charge in [0.25, 0.3) is 5.91 Å². The number of anilines is 1. The molecule has 0 atom stereocenters. The van der Waals surface area contributed by atoms with E-state index in [1.54, 1.807) is 0 Å². The van der Waals surface area contributed by atoms with E-state index in [0.29, 0.717) is 11.9 Å². The van der Waals surface area contributed by atoms with Crippen LogP contribution in [-0.4, -0.2) is 29.0 Å². The molecule has 1 aromatic carbocycles. The van der Waals surface area contributed by atoms with E-state index < -0.39 is 17.5 Å². The molecule has 0 spiro atoms. The highest BCUT2D eigenvalue weighted by atomic mass is 19.1. The van der Waals surface area contributed by atoms with Crippen molar-refractivity contribution in [2.24, 2.45) is 0 Å². The minimum atomic E-state index is -0.892. The fourth-order valence-corrected chi connectivity index (χ4v) is 2.90. The van der Waals surface area contributed by atoms with Gasteiger partial charge in [-0.2, -0.15) is 0 Å². The quantitative estimate of drug-likeness (QED) is 0.925. The van der Waals surface area contributed by atoms with Crippen LogP contribution in [0.1, 0.15) is 41.1 Å². The van der Waals surface area contributed by atoms with Crippen molar-refractivity contribution < 1.29 is 13.6 Å². The van der Waals surface area contributed by atoms with Gasteiger partial charge in [0.05, 0.1) is 12.1 Å². The molecule has 2 aromatic rings. The van der Waals surface area contributed by atoms with E-state index in [1.807, 2.05) is 13.0 Å². The van der Waals surface area contributed by atoms with Crippen LogP contribution in [0.5, 0.6) is 0 Å². The Kier molecular flexibility index (Phi) is 5.21. The van der Waals surface area contributed by atoms with Gasteiger partial charge in [-0.25, -0.2) is 18.7 Å². The molecule has 0 unspecified atom stereocenters. The lowest BCUT2D eigenvalue weighted by molar-refractivity contribution is 0.0945. The van der Waals surface area contributed by atoms with Crippen molar-refractivity contribution in [3.05, 3.63) is 53.0 Å². The predicted octanol–water partition coefficient (Wildman–Crippen LogP) is 2.98. The number of hydrogen-bond donors (Lipinski definition) is 1. The number of nitrogens with zero attached hydrogens (tertiary/aromatic N) is 3. The van der Waals surface area contributed by atoms with E-state index in [2.05, 4.69) is 20.2 Å². The largest absolute Gasteiger partial charge is 0.357 e. The third kappa shape index (κ3) is 4.29. The number of carbonyl (C=O) groups excluding carboxylic acids is 1. The summed E-state index contributed by atoms with van der Waals surface area (Å²) in [5, 5.41) is 2.59. The topological polar surface area (TPSA) is 58.1 Å². The molecule has 1 aliphatic heterocycles. The van der Waals surface area contributed by atoms with Gasteiger partial charge in [0.15, 0.2) is 0 Å². The van der Waals surface area contributed by atoms with Crippen molar-refractivity contribution in [1.82, 2.24) is 15.3 Å². The van der Waals surface area contributed by atoms with Crippen molar-refractivity contribution in [1.29, 1.82) is 0 Å². The first-order valence-corrected chi connectivity index (χ1v) is 8.36. The maximum Gasteiger partial charge on any atom is 0.254 e. The summed E-state index contributed by atoms with van der Waals surface area (Å²) in [7, 11) is 0. The second kappa shape index (κ2) is 7.55. The molecular weight excluding hydrogens is 326 g/mol. The van der Waals surface area contributed by atoms with Gasteiger partial charge in [0.1, 0.15) is 23.3 Å². The molecule has 1 saturated heterocycles. The molecule has 132 valence electrons. The predicted molar refractivity (Wildman–Crippen MR) is 90.4 cm³/mol. The molecule has 1 aliphatic rings. The van der Waals surface area contributed by atoms with Crippen molar-refractivity contribution in [3.63, 3.8) is 0 Å². The lowest BCUT2D eigenvalue weighted by Crippen LogP contribution is -2.31. The van der Waals surface area contributed by atoms with Gasteiger partial charge in [0, 0.05) is 30.9 Å². The van der Waals surface area contributed by atoms with Crippen LogP contribution in [-0.2, 0) is 6.54 Å². The molecule has 1 amide bonds. The molecule has 1 aromatic heterocycles. The monoisotopic (exact) mass is 346 g/mol. The molecule has 0 aliphatic carbocycles. The summed E-state index contributed by atoms with van der Waals surface area (Å²) in [6, 6.07) is 4.79. The Labute approximate surface area is 145 Å². The molecule has 2 heterocycles. The number of hydrogen-bond acceptors (Lipinski definition) is 4. The highest BCUT2D eigenvalue weighted by Crippen LogP contribution is 2.18. The van der Waals surface area contributed by atoms with E-state index in [9.17, 15) is 13.6 Å². The van der Waals surface area contributed by atoms with Gasteiger partial charge in [0.2, 0.25) is 0 Å². The van der Waals surface area contributed by atoms with Gasteiger partial charge in [-0.3, -0.25) is 4.79 Å². The Balaban J connectivity index is 1.70. The minimum absolute atomic E-state index is 0.0815. The number of piperidine rings is 1. The molecule has 1 fully saturated rings. The molecule has 7 heteroatoms. The Bertz CT molecular complexity index is 776. The molecule has 3 rings (SSSR count). The summed E-state index contributed by atoms with van der Waals surface area (Å²) < 4.78 is 26.6. The minimum Gasteiger partial charge on any atom is -0.357 e. The van der Waals surface area contributed by atoms with Crippen molar-refractivity contribution in [3.8, 4) is 0 Å². The fourth-order valence-electron chi connectivity index (χ4n) is 2.90. The van der Waals surface area contributed by atoms with Crippen LogP contribution >= 0.6 is 0 Å². The average molecular weight is 346 g/mol. The number of amides is 1. The highest BCUT2D eigenvalue weighted by molar-refractivity contribution is 5.94. The number of aryl methyl sites for hydroxylation is 1. The van der Waals surface area contributed by atoms with Crippen LogP contribution in [0, 0.1) is 18.6 Å². The SMILES string of the molecule is Cc1cc(N2CCCCC2)nc(CNC(=O)c2ccc(F)cc2F)n1. The number of rotatable bonds is 4. The van der Waals surface area contributed by atoms with E-state index in [0.717, 1.165) is 49.6 Å². The summed E-state index contributed by atoms with van der Waals surface area (Å²) in [5.41, 5.74) is 0.609. The van der Waals surface area contributed by atoms with Gasteiger partial charge in [-0.1, -0.05) is 0 Å². The Morgan fingerprint density at radius 2 is 1.92 bits per heavy atom. The first-order valence-electron chi connectivity index (χ1n) is 8.36. The van der Waals surface area contributed by atoms with Crippen LogP contribution in [0.4, 0.5) is 14.6 Å². The van der Waals surface area contributed by atoms with Crippen molar-refractivity contribution >= 4 is 11.7 Å². The van der Waals surface area contributed by atoms with E-state index in [1.165, 1.54) is 6.42 Å². The highest BCUT2D eigenvalue weighted by Gasteiger charge is 2.15. The maximum absolute atomic E-state index is 13.7. The third-order valence-electron chi connectivity index (χ3n) is 4.15. The smallest absolute Gasteiger partial charge is 0.254 e. The van der Waals surface area contributed by atoms with E-state index >= 15 is 0 Å². The fraction of sp³-hybridized carbons (Fsp3) is 0.389. The molecule has 0 saturated carbocycles. The Morgan fingerprint density at radius 1 is 1.16 bits per heavy atom. The Morgan fingerprint density at radius 3 is 2.64 bits per heavy atom. The van der Waals surface area contributed by atoms with E-state index in [-0.39, 0.29) is 12.1 Å². The summed E-state index contributed by atoms with van der Waals surface area (Å²) in [6.07, 6.45) is 3.50. The number of halogens is 2. The number of aromatic nitrogens is 2. The summed E-state index contributed by atoms with van der Waals surface area (Å²) in [6.45, 7) is 3.88. The first kappa shape index (κ1) is 17.3. The van der Waals surface area contributed by atoms with Crippen LogP contribution in [0.2, 0.25) is 0 Å². The molecule has 25 heavy (non-hydrogen) atoms. The Hall–Kier alpha value is -2.57. The average Bonchev–Trinajstić information content (AvgIpc) is 2.60. The van der Waals surface area contributed by atoms with E-state index in [4.69, 9.17) is 0 Å².